The number of aliphatic hydroxyl groups is 1. The Balaban J connectivity index is 0.000000657. The van der Waals surface area contributed by atoms with Gasteiger partial charge < -0.3 is 20.3 Å². The van der Waals surface area contributed by atoms with Gasteiger partial charge in [0.05, 0.1) is 5.41 Å². The molecule has 0 unspecified atom stereocenters. The maximum Gasteiger partial charge on any atom is 0.429 e. The topological polar surface area (TPSA) is 95.9 Å². The summed E-state index contributed by atoms with van der Waals surface area (Å²) in [4.78, 5) is 23.1. The summed E-state index contributed by atoms with van der Waals surface area (Å²) in [6.45, 7) is 7.69. The lowest BCUT2D eigenvalue weighted by atomic mass is 9.89. The van der Waals surface area contributed by atoms with E-state index in [4.69, 9.17) is 10.2 Å². The maximum atomic E-state index is 12.3. The Hall–Kier alpha value is -2.50. The highest BCUT2D eigenvalue weighted by Gasteiger charge is 2.71. The van der Waals surface area contributed by atoms with E-state index in [9.17, 15) is 35.9 Å². The number of phenols is 1. The standard InChI is InChI=1S/C12H17NO2.C10H14F6O3/c1-4-12(2,3)11(15)13-9-5-7-10(14)8-6-9;1-4-7(2,3)6(17)19-5-8(18,9(11,12)13)10(14,15)16/h5-8,14H,4H2,1-3H3,(H,13,15);18H,4-5H2,1-3H3. The van der Waals surface area contributed by atoms with Crippen molar-refractivity contribution in [3.63, 3.8) is 0 Å². The van der Waals surface area contributed by atoms with Crippen molar-refractivity contribution in [1.29, 1.82) is 0 Å². The number of esters is 1. The van der Waals surface area contributed by atoms with Gasteiger partial charge in [-0.1, -0.05) is 27.7 Å². The SMILES string of the molecule is CCC(C)(C)C(=O)Nc1ccc(O)cc1.CCC(C)(C)C(=O)OCC(O)(C(F)(F)F)C(F)(F)F. The normalized spacial score (nSPS) is 13.0. The molecule has 0 atom stereocenters. The molecule has 0 aromatic heterocycles. The number of aromatic hydroxyl groups is 1. The molecular formula is C22H31F6NO5. The number of ether oxygens (including phenoxy) is 1. The van der Waals surface area contributed by atoms with Gasteiger partial charge in [0.25, 0.3) is 5.60 Å². The number of amides is 1. The van der Waals surface area contributed by atoms with Crippen LogP contribution in [0.15, 0.2) is 24.3 Å². The largest absolute Gasteiger partial charge is 0.508 e. The van der Waals surface area contributed by atoms with Crippen LogP contribution in [-0.4, -0.2) is 46.7 Å². The second-order valence-corrected chi connectivity index (χ2v) is 8.91. The third kappa shape index (κ3) is 8.37. The van der Waals surface area contributed by atoms with E-state index < -0.39 is 35.9 Å². The van der Waals surface area contributed by atoms with Crippen LogP contribution in [0.25, 0.3) is 0 Å². The Bertz CT molecular complexity index is 803. The van der Waals surface area contributed by atoms with Crippen LogP contribution >= 0.6 is 0 Å². The number of phenolic OH excluding ortho intramolecular Hbond substituents is 1. The highest BCUT2D eigenvalue weighted by molar-refractivity contribution is 5.94. The van der Waals surface area contributed by atoms with Gasteiger partial charge in [-0.25, -0.2) is 0 Å². The molecule has 0 radical (unpaired) electrons. The van der Waals surface area contributed by atoms with Gasteiger partial charge in [0.1, 0.15) is 12.4 Å². The Morgan fingerprint density at radius 2 is 1.26 bits per heavy atom. The van der Waals surface area contributed by atoms with E-state index in [0.717, 1.165) is 6.42 Å². The quantitative estimate of drug-likeness (QED) is 0.256. The van der Waals surface area contributed by atoms with Gasteiger partial charge >= 0.3 is 18.3 Å². The zero-order chi connectivity index (χ0) is 27.2. The predicted molar refractivity (Wildman–Crippen MR) is 113 cm³/mol. The molecule has 0 bridgehead atoms. The molecule has 1 amide bonds. The lowest BCUT2D eigenvalue weighted by Gasteiger charge is -2.32. The molecule has 0 saturated heterocycles. The number of nitrogens with one attached hydrogen (secondary N) is 1. The minimum Gasteiger partial charge on any atom is -0.508 e. The lowest BCUT2D eigenvalue weighted by molar-refractivity contribution is -0.375. The second kappa shape index (κ2) is 11.3. The van der Waals surface area contributed by atoms with Gasteiger partial charge in [0.2, 0.25) is 5.91 Å². The van der Waals surface area contributed by atoms with E-state index in [0.29, 0.717) is 5.69 Å². The predicted octanol–water partition coefficient (Wildman–Crippen LogP) is 5.59. The molecule has 0 heterocycles. The van der Waals surface area contributed by atoms with Crippen LogP contribution in [0.3, 0.4) is 0 Å². The number of rotatable bonds is 7. The summed E-state index contributed by atoms with van der Waals surface area (Å²) in [7, 11) is 0. The summed E-state index contributed by atoms with van der Waals surface area (Å²) in [5.74, 6) is -1.06. The highest BCUT2D eigenvalue weighted by atomic mass is 19.4. The Labute approximate surface area is 194 Å². The number of carbonyl (C=O) groups excluding carboxylic acids is 2. The summed E-state index contributed by atoms with van der Waals surface area (Å²) in [6, 6.07) is 6.46. The number of benzene rings is 1. The highest BCUT2D eigenvalue weighted by Crippen LogP contribution is 2.43. The first-order valence-corrected chi connectivity index (χ1v) is 10.3. The number of hydrogen-bond acceptors (Lipinski definition) is 5. The van der Waals surface area contributed by atoms with Gasteiger partial charge in [-0.15, -0.1) is 0 Å². The number of hydrogen-bond donors (Lipinski definition) is 3. The molecule has 0 aliphatic carbocycles. The molecule has 6 nitrogen and oxygen atoms in total. The Kier molecular flexibility index (Phi) is 10.5. The molecule has 34 heavy (non-hydrogen) atoms. The number of alkyl halides is 6. The molecule has 0 aliphatic heterocycles. The van der Waals surface area contributed by atoms with Crippen LogP contribution in [0.1, 0.15) is 54.4 Å². The summed E-state index contributed by atoms with van der Waals surface area (Å²) in [6.07, 6.45) is -11.1. The molecule has 1 aromatic rings. The van der Waals surface area contributed by atoms with E-state index in [2.05, 4.69) is 10.1 Å². The fourth-order valence-corrected chi connectivity index (χ4v) is 1.84. The maximum absolute atomic E-state index is 12.3. The number of anilines is 1. The summed E-state index contributed by atoms with van der Waals surface area (Å²) in [5.41, 5.74) is -5.96. The van der Waals surface area contributed by atoms with Gasteiger partial charge in [-0.3, -0.25) is 9.59 Å². The van der Waals surface area contributed by atoms with Gasteiger partial charge in [-0.05, 0) is 51.0 Å². The minimum absolute atomic E-state index is 0.00399. The van der Waals surface area contributed by atoms with Crippen molar-refractivity contribution in [2.45, 2.75) is 72.3 Å². The molecule has 1 aromatic carbocycles. The van der Waals surface area contributed by atoms with Crippen molar-refractivity contribution < 1.29 is 50.9 Å². The van der Waals surface area contributed by atoms with Crippen molar-refractivity contribution in [1.82, 2.24) is 0 Å². The second-order valence-electron chi connectivity index (χ2n) is 8.91. The van der Waals surface area contributed by atoms with Crippen LogP contribution < -0.4 is 5.32 Å². The summed E-state index contributed by atoms with van der Waals surface area (Å²) >= 11 is 0. The third-order valence-corrected chi connectivity index (χ3v) is 5.41. The van der Waals surface area contributed by atoms with Crippen LogP contribution in [0.4, 0.5) is 32.0 Å². The fourth-order valence-electron chi connectivity index (χ4n) is 1.84. The molecule has 0 fully saturated rings. The fraction of sp³-hybridized carbons (Fsp3) is 0.636. The zero-order valence-corrected chi connectivity index (χ0v) is 19.8. The Morgan fingerprint density at radius 3 is 1.62 bits per heavy atom. The van der Waals surface area contributed by atoms with E-state index >= 15 is 0 Å². The third-order valence-electron chi connectivity index (χ3n) is 5.41. The Morgan fingerprint density at radius 1 is 0.853 bits per heavy atom. The first-order chi connectivity index (χ1) is 15.1. The molecule has 0 spiro atoms. The van der Waals surface area contributed by atoms with Crippen LogP contribution in [0, 0.1) is 10.8 Å². The molecular weight excluding hydrogens is 472 g/mol. The zero-order valence-electron chi connectivity index (χ0n) is 19.8. The first kappa shape index (κ1) is 31.5. The molecule has 3 N–H and O–H groups in total. The van der Waals surface area contributed by atoms with E-state index in [1.807, 2.05) is 20.8 Å². The van der Waals surface area contributed by atoms with Crippen molar-refractivity contribution in [2.24, 2.45) is 10.8 Å². The van der Waals surface area contributed by atoms with E-state index in [-0.39, 0.29) is 23.5 Å². The van der Waals surface area contributed by atoms with E-state index in [1.165, 1.54) is 20.8 Å². The van der Waals surface area contributed by atoms with Crippen LogP contribution in [0.2, 0.25) is 0 Å². The average molecular weight is 503 g/mol. The average Bonchev–Trinajstić information content (AvgIpc) is 2.71. The van der Waals surface area contributed by atoms with E-state index in [1.54, 1.807) is 24.3 Å². The minimum atomic E-state index is -6.00. The van der Waals surface area contributed by atoms with Crippen LogP contribution in [-0.2, 0) is 14.3 Å². The first-order valence-electron chi connectivity index (χ1n) is 10.3. The van der Waals surface area contributed by atoms with Crippen molar-refractivity contribution in [3.8, 4) is 5.75 Å². The van der Waals surface area contributed by atoms with Crippen LogP contribution in [0.5, 0.6) is 5.75 Å². The van der Waals surface area contributed by atoms with Crippen molar-refractivity contribution in [2.75, 3.05) is 11.9 Å². The van der Waals surface area contributed by atoms with Crippen molar-refractivity contribution >= 4 is 17.6 Å². The molecule has 12 heteroatoms. The smallest absolute Gasteiger partial charge is 0.429 e. The number of halogens is 6. The van der Waals surface area contributed by atoms with Crippen molar-refractivity contribution in [3.05, 3.63) is 24.3 Å². The summed E-state index contributed by atoms with van der Waals surface area (Å²) in [5, 5.41) is 20.6. The lowest BCUT2D eigenvalue weighted by Crippen LogP contribution is -2.60. The molecule has 0 saturated carbocycles. The molecule has 1 rings (SSSR count). The summed E-state index contributed by atoms with van der Waals surface area (Å²) < 4.78 is 77.6. The molecule has 0 aliphatic rings. The number of carbonyl (C=O) groups is 2. The molecule has 196 valence electrons. The van der Waals surface area contributed by atoms with Gasteiger partial charge in [-0.2, -0.15) is 26.3 Å². The van der Waals surface area contributed by atoms with Gasteiger partial charge in [0.15, 0.2) is 0 Å². The monoisotopic (exact) mass is 503 g/mol. The van der Waals surface area contributed by atoms with Gasteiger partial charge in [0, 0.05) is 11.1 Å².